The summed E-state index contributed by atoms with van der Waals surface area (Å²) in [5, 5.41) is 12.3. The number of benzene rings is 2. The Morgan fingerprint density at radius 3 is 2.26 bits per heavy atom. The fourth-order valence-electron chi connectivity index (χ4n) is 2.32. The monoisotopic (exact) mass is 312 g/mol. The average molecular weight is 312 g/mol. The first-order valence-electron chi connectivity index (χ1n) is 7.20. The predicted molar refractivity (Wildman–Crippen MR) is 87.8 cm³/mol. The van der Waals surface area contributed by atoms with Crippen molar-refractivity contribution in [2.45, 2.75) is 13.1 Å². The van der Waals surface area contributed by atoms with E-state index in [9.17, 15) is 0 Å². The summed E-state index contributed by atoms with van der Waals surface area (Å²) in [6.45, 7) is 1.27. The lowest BCUT2D eigenvalue weighted by molar-refractivity contribution is 0.347. The van der Waals surface area contributed by atoms with Crippen LogP contribution in [0.15, 0.2) is 36.4 Å². The molecule has 0 atom stereocenters. The molecule has 5 nitrogen and oxygen atoms in total. The van der Waals surface area contributed by atoms with Gasteiger partial charge in [-0.05, 0) is 23.8 Å². The van der Waals surface area contributed by atoms with Gasteiger partial charge in [0.25, 0.3) is 0 Å². The van der Waals surface area contributed by atoms with Gasteiger partial charge in [-0.1, -0.05) is 12.1 Å². The first-order valence-corrected chi connectivity index (χ1v) is 7.20. The van der Waals surface area contributed by atoms with Crippen LogP contribution in [0.5, 0.6) is 17.2 Å². The highest BCUT2D eigenvalue weighted by atomic mass is 16.5. The van der Waals surface area contributed by atoms with Crippen molar-refractivity contribution < 1.29 is 14.2 Å². The molecule has 0 heterocycles. The lowest BCUT2D eigenvalue weighted by Crippen LogP contribution is -2.13. The zero-order valence-corrected chi connectivity index (χ0v) is 13.6. The van der Waals surface area contributed by atoms with Crippen molar-refractivity contribution in [2.24, 2.45) is 0 Å². The number of rotatable bonds is 7. The maximum Gasteiger partial charge on any atom is 0.164 e. The Morgan fingerprint density at radius 1 is 0.913 bits per heavy atom. The molecule has 120 valence electrons. The number of hydrogen-bond acceptors (Lipinski definition) is 5. The SMILES string of the molecule is COc1cc(OC)c(OC)cc1CNCc1cccc(C#N)c1. The van der Waals surface area contributed by atoms with Crippen LogP contribution in [0.25, 0.3) is 0 Å². The quantitative estimate of drug-likeness (QED) is 0.851. The van der Waals surface area contributed by atoms with Crippen molar-refractivity contribution in [3.63, 3.8) is 0 Å². The molecule has 0 saturated heterocycles. The summed E-state index contributed by atoms with van der Waals surface area (Å²) in [5.74, 6) is 2.03. The Morgan fingerprint density at radius 2 is 1.61 bits per heavy atom. The van der Waals surface area contributed by atoms with E-state index in [1.807, 2.05) is 30.3 Å². The van der Waals surface area contributed by atoms with Crippen molar-refractivity contribution >= 4 is 0 Å². The first-order chi connectivity index (χ1) is 11.2. The van der Waals surface area contributed by atoms with Crippen LogP contribution >= 0.6 is 0 Å². The molecule has 2 aromatic carbocycles. The second-order valence-corrected chi connectivity index (χ2v) is 4.93. The van der Waals surface area contributed by atoms with Gasteiger partial charge in [-0.25, -0.2) is 0 Å². The number of ether oxygens (including phenoxy) is 3. The number of methoxy groups -OCH3 is 3. The van der Waals surface area contributed by atoms with Crippen LogP contribution in [-0.2, 0) is 13.1 Å². The van der Waals surface area contributed by atoms with E-state index in [0.717, 1.165) is 16.9 Å². The normalized spacial score (nSPS) is 10.0. The van der Waals surface area contributed by atoms with Crippen LogP contribution in [0.1, 0.15) is 16.7 Å². The number of hydrogen-bond donors (Lipinski definition) is 1. The molecule has 0 amide bonds. The van der Waals surface area contributed by atoms with Crippen molar-refractivity contribution in [1.82, 2.24) is 5.32 Å². The van der Waals surface area contributed by atoms with E-state index in [4.69, 9.17) is 19.5 Å². The van der Waals surface area contributed by atoms with Gasteiger partial charge in [0.1, 0.15) is 5.75 Å². The summed E-state index contributed by atoms with van der Waals surface area (Å²) < 4.78 is 16.0. The molecule has 0 saturated carbocycles. The largest absolute Gasteiger partial charge is 0.496 e. The van der Waals surface area contributed by atoms with Crippen LogP contribution in [-0.4, -0.2) is 21.3 Å². The summed E-state index contributed by atoms with van der Waals surface area (Å²) in [7, 11) is 4.83. The smallest absolute Gasteiger partial charge is 0.164 e. The van der Waals surface area contributed by atoms with Gasteiger partial charge >= 0.3 is 0 Å². The van der Waals surface area contributed by atoms with E-state index in [2.05, 4.69) is 11.4 Å². The standard InChI is InChI=1S/C18H20N2O3/c1-21-16-9-18(23-3)17(22-2)8-15(16)12-20-11-14-6-4-5-13(7-14)10-19/h4-9,20H,11-12H2,1-3H3. The molecule has 0 aromatic heterocycles. The molecule has 2 aromatic rings. The minimum absolute atomic E-state index is 0.611. The number of nitrogens with one attached hydrogen (secondary N) is 1. The molecular formula is C18H20N2O3. The molecule has 0 aliphatic heterocycles. The molecule has 0 radical (unpaired) electrons. The maximum absolute atomic E-state index is 8.93. The summed E-state index contributed by atoms with van der Waals surface area (Å²) in [4.78, 5) is 0. The highest BCUT2D eigenvalue weighted by Crippen LogP contribution is 2.34. The average Bonchev–Trinajstić information content (AvgIpc) is 2.61. The molecule has 0 bridgehead atoms. The molecule has 0 spiro atoms. The second-order valence-electron chi connectivity index (χ2n) is 4.93. The maximum atomic E-state index is 8.93. The van der Waals surface area contributed by atoms with E-state index in [1.165, 1.54) is 0 Å². The Kier molecular flexibility index (Phi) is 5.84. The van der Waals surface area contributed by atoms with E-state index in [-0.39, 0.29) is 0 Å². The van der Waals surface area contributed by atoms with Gasteiger partial charge in [0.15, 0.2) is 11.5 Å². The zero-order valence-electron chi connectivity index (χ0n) is 13.6. The minimum atomic E-state index is 0.611. The number of nitrogens with zero attached hydrogens (tertiary/aromatic N) is 1. The third kappa shape index (κ3) is 4.15. The lowest BCUT2D eigenvalue weighted by Gasteiger charge is -2.14. The Bertz CT molecular complexity index is 708. The van der Waals surface area contributed by atoms with E-state index >= 15 is 0 Å². The first kappa shape index (κ1) is 16.7. The van der Waals surface area contributed by atoms with Gasteiger partial charge in [0.2, 0.25) is 0 Å². The zero-order chi connectivity index (χ0) is 16.7. The molecule has 0 aliphatic carbocycles. The van der Waals surface area contributed by atoms with Gasteiger partial charge in [-0.2, -0.15) is 5.26 Å². The van der Waals surface area contributed by atoms with Crippen molar-refractivity contribution in [1.29, 1.82) is 5.26 Å². The topological polar surface area (TPSA) is 63.5 Å². The molecule has 0 unspecified atom stereocenters. The summed E-state index contributed by atoms with van der Waals surface area (Å²) in [6, 6.07) is 13.4. The molecule has 2 rings (SSSR count). The van der Waals surface area contributed by atoms with Gasteiger partial charge < -0.3 is 19.5 Å². The van der Waals surface area contributed by atoms with Gasteiger partial charge in [-0.3, -0.25) is 0 Å². The van der Waals surface area contributed by atoms with E-state index in [1.54, 1.807) is 27.4 Å². The fourth-order valence-corrected chi connectivity index (χ4v) is 2.32. The third-order valence-electron chi connectivity index (χ3n) is 3.49. The molecule has 1 N–H and O–H groups in total. The van der Waals surface area contributed by atoms with E-state index in [0.29, 0.717) is 30.2 Å². The van der Waals surface area contributed by atoms with Crippen LogP contribution in [0.3, 0.4) is 0 Å². The summed E-state index contributed by atoms with van der Waals surface area (Å²) in [5.41, 5.74) is 2.69. The number of nitriles is 1. The van der Waals surface area contributed by atoms with Gasteiger partial charge in [0.05, 0.1) is 33.0 Å². The molecule has 5 heteroatoms. The Balaban J connectivity index is 2.09. The van der Waals surface area contributed by atoms with Crippen molar-refractivity contribution in [3.8, 4) is 23.3 Å². The Labute approximate surface area is 136 Å². The molecule has 23 heavy (non-hydrogen) atoms. The molecule has 0 fully saturated rings. The van der Waals surface area contributed by atoms with Crippen molar-refractivity contribution in [3.05, 3.63) is 53.1 Å². The molecular weight excluding hydrogens is 292 g/mol. The summed E-state index contributed by atoms with van der Waals surface area (Å²) >= 11 is 0. The lowest BCUT2D eigenvalue weighted by atomic mass is 10.1. The minimum Gasteiger partial charge on any atom is -0.496 e. The third-order valence-corrected chi connectivity index (χ3v) is 3.49. The van der Waals surface area contributed by atoms with Crippen LogP contribution in [0.4, 0.5) is 0 Å². The van der Waals surface area contributed by atoms with Crippen LogP contribution in [0.2, 0.25) is 0 Å². The molecule has 0 aliphatic rings. The van der Waals surface area contributed by atoms with Gasteiger partial charge in [-0.15, -0.1) is 0 Å². The second kappa shape index (κ2) is 8.06. The van der Waals surface area contributed by atoms with Gasteiger partial charge in [0, 0.05) is 24.7 Å². The van der Waals surface area contributed by atoms with Crippen LogP contribution in [0, 0.1) is 11.3 Å². The summed E-state index contributed by atoms with van der Waals surface area (Å²) in [6.07, 6.45) is 0. The highest BCUT2D eigenvalue weighted by molar-refractivity contribution is 5.50. The Hall–Kier alpha value is -2.71. The highest BCUT2D eigenvalue weighted by Gasteiger charge is 2.11. The van der Waals surface area contributed by atoms with E-state index < -0.39 is 0 Å². The van der Waals surface area contributed by atoms with Crippen molar-refractivity contribution in [2.75, 3.05) is 21.3 Å². The van der Waals surface area contributed by atoms with Crippen LogP contribution < -0.4 is 19.5 Å². The fraction of sp³-hybridized carbons (Fsp3) is 0.278. The predicted octanol–water partition coefficient (Wildman–Crippen LogP) is 2.87.